The molecule has 6 heteroatoms. The number of methoxy groups -OCH3 is 1. The van der Waals surface area contributed by atoms with Crippen LogP contribution < -0.4 is 10.6 Å². The van der Waals surface area contributed by atoms with Gasteiger partial charge < -0.3 is 15.4 Å². The summed E-state index contributed by atoms with van der Waals surface area (Å²) in [6, 6.07) is 7.40. The van der Waals surface area contributed by atoms with Gasteiger partial charge in [-0.05, 0) is 23.8 Å². The minimum absolute atomic E-state index is 0.203. The van der Waals surface area contributed by atoms with Crippen LogP contribution in [0.15, 0.2) is 42.9 Å². The average Bonchev–Trinajstić information content (AvgIpc) is 2.54. The van der Waals surface area contributed by atoms with E-state index in [1.807, 2.05) is 18.2 Å². The van der Waals surface area contributed by atoms with Gasteiger partial charge in [-0.3, -0.25) is 9.78 Å². The van der Waals surface area contributed by atoms with Crippen molar-refractivity contribution in [1.29, 1.82) is 0 Å². The van der Waals surface area contributed by atoms with Crippen LogP contribution >= 0.6 is 0 Å². The van der Waals surface area contributed by atoms with Crippen LogP contribution in [0.25, 0.3) is 0 Å². The monoisotopic (exact) mass is 286 g/mol. The molecule has 0 aliphatic heterocycles. The Labute approximate surface area is 123 Å². The highest BCUT2D eigenvalue weighted by Gasteiger charge is 2.06. The van der Waals surface area contributed by atoms with Gasteiger partial charge in [0.05, 0.1) is 18.5 Å². The third-order valence-electron chi connectivity index (χ3n) is 2.81. The van der Waals surface area contributed by atoms with E-state index in [-0.39, 0.29) is 5.91 Å². The number of nitrogens with one attached hydrogen (secondary N) is 2. The van der Waals surface area contributed by atoms with E-state index in [0.29, 0.717) is 25.4 Å². The summed E-state index contributed by atoms with van der Waals surface area (Å²) < 4.78 is 4.87. The van der Waals surface area contributed by atoms with Crippen LogP contribution in [0.5, 0.6) is 0 Å². The number of ether oxygens (including phenoxy) is 1. The van der Waals surface area contributed by atoms with Gasteiger partial charge in [0.25, 0.3) is 5.91 Å². The molecule has 21 heavy (non-hydrogen) atoms. The fraction of sp³-hybridized carbons (Fsp3) is 0.267. The number of amides is 1. The molecule has 0 aromatic carbocycles. The highest BCUT2D eigenvalue weighted by Crippen LogP contribution is 2.08. The van der Waals surface area contributed by atoms with E-state index in [0.717, 1.165) is 11.3 Å². The maximum atomic E-state index is 11.8. The molecule has 2 rings (SSSR count). The summed E-state index contributed by atoms with van der Waals surface area (Å²) in [5.41, 5.74) is 2.32. The van der Waals surface area contributed by atoms with Gasteiger partial charge >= 0.3 is 0 Å². The maximum absolute atomic E-state index is 11.8. The molecule has 2 heterocycles. The second-order valence-corrected chi connectivity index (χ2v) is 4.40. The predicted molar refractivity (Wildman–Crippen MR) is 80.0 cm³/mol. The Morgan fingerprint density at radius 3 is 2.86 bits per heavy atom. The van der Waals surface area contributed by atoms with E-state index < -0.39 is 0 Å². The van der Waals surface area contributed by atoms with Crippen molar-refractivity contribution in [3.63, 3.8) is 0 Å². The lowest BCUT2D eigenvalue weighted by molar-refractivity contribution is 0.0932. The van der Waals surface area contributed by atoms with E-state index >= 15 is 0 Å². The van der Waals surface area contributed by atoms with Gasteiger partial charge in [-0.25, -0.2) is 4.98 Å². The SMILES string of the molecule is COCCNC(=O)c1ccc(NCc2cccnc2)cn1. The third-order valence-corrected chi connectivity index (χ3v) is 2.81. The van der Waals surface area contributed by atoms with E-state index in [1.165, 1.54) is 0 Å². The Kier molecular flexibility index (Phi) is 5.66. The van der Waals surface area contributed by atoms with E-state index in [2.05, 4.69) is 20.6 Å². The van der Waals surface area contributed by atoms with E-state index in [9.17, 15) is 4.79 Å². The van der Waals surface area contributed by atoms with Crippen LogP contribution in [0.3, 0.4) is 0 Å². The van der Waals surface area contributed by atoms with Crippen molar-refractivity contribution in [3.8, 4) is 0 Å². The molecule has 0 atom stereocenters. The summed E-state index contributed by atoms with van der Waals surface area (Å²) in [5.74, 6) is -0.203. The number of pyridine rings is 2. The Balaban J connectivity index is 1.85. The molecule has 110 valence electrons. The lowest BCUT2D eigenvalue weighted by Crippen LogP contribution is -2.27. The molecule has 0 bridgehead atoms. The minimum atomic E-state index is -0.203. The van der Waals surface area contributed by atoms with Gasteiger partial charge in [0.15, 0.2) is 0 Å². The zero-order valence-electron chi connectivity index (χ0n) is 11.9. The maximum Gasteiger partial charge on any atom is 0.269 e. The molecule has 0 radical (unpaired) electrons. The minimum Gasteiger partial charge on any atom is -0.383 e. The van der Waals surface area contributed by atoms with Crippen LogP contribution in [-0.2, 0) is 11.3 Å². The van der Waals surface area contributed by atoms with Crippen LogP contribution in [0, 0.1) is 0 Å². The first-order valence-corrected chi connectivity index (χ1v) is 6.65. The quantitative estimate of drug-likeness (QED) is 0.754. The molecular weight excluding hydrogens is 268 g/mol. The summed E-state index contributed by atoms with van der Waals surface area (Å²) in [4.78, 5) is 19.9. The number of anilines is 1. The fourth-order valence-electron chi connectivity index (χ4n) is 1.70. The zero-order chi connectivity index (χ0) is 14.9. The fourth-order valence-corrected chi connectivity index (χ4v) is 1.70. The van der Waals surface area contributed by atoms with E-state index in [4.69, 9.17) is 4.74 Å². The Hall–Kier alpha value is -2.47. The van der Waals surface area contributed by atoms with Gasteiger partial charge in [0, 0.05) is 32.6 Å². The topological polar surface area (TPSA) is 76.1 Å². The van der Waals surface area contributed by atoms with Gasteiger partial charge in [-0.2, -0.15) is 0 Å². The van der Waals surface area contributed by atoms with Crippen molar-refractivity contribution in [3.05, 3.63) is 54.1 Å². The molecule has 0 spiro atoms. The molecule has 1 amide bonds. The van der Waals surface area contributed by atoms with Crippen molar-refractivity contribution in [2.75, 3.05) is 25.6 Å². The van der Waals surface area contributed by atoms with Crippen molar-refractivity contribution in [2.24, 2.45) is 0 Å². The molecule has 0 saturated heterocycles. The average molecular weight is 286 g/mol. The summed E-state index contributed by atoms with van der Waals surface area (Å²) in [6.07, 6.45) is 5.18. The van der Waals surface area contributed by atoms with Crippen LogP contribution in [-0.4, -0.2) is 36.1 Å². The largest absolute Gasteiger partial charge is 0.383 e. The number of hydrogen-bond donors (Lipinski definition) is 2. The number of rotatable bonds is 7. The Morgan fingerprint density at radius 2 is 2.19 bits per heavy atom. The molecule has 0 saturated carbocycles. The van der Waals surface area contributed by atoms with Gasteiger partial charge in [-0.1, -0.05) is 6.07 Å². The van der Waals surface area contributed by atoms with Crippen LogP contribution in [0.4, 0.5) is 5.69 Å². The van der Waals surface area contributed by atoms with Crippen LogP contribution in [0.1, 0.15) is 16.1 Å². The number of carbonyl (C=O) groups is 1. The van der Waals surface area contributed by atoms with Gasteiger partial charge in [-0.15, -0.1) is 0 Å². The number of carbonyl (C=O) groups excluding carboxylic acids is 1. The van der Waals surface area contributed by atoms with Crippen molar-refractivity contribution >= 4 is 11.6 Å². The number of nitrogens with zero attached hydrogens (tertiary/aromatic N) is 2. The summed E-state index contributed by atoms with van der Waals surface area (Å²) in [7, 11) is 1.59. The lowest BCUT2D eigenvalue weighted by Gasteiger charge is -2.07. The second kappa shape index (κ2) is 7.96. The summed E-state index contributed by atoms with van der Waals surface area (Å²) in [5, 5.41) is 5.95. The van der Waals surface area contributed by atoms with Crippen molar-refractivity contribution < 1.29 is 9.53 Å². The molecular formula is C15H18N4O2. The Bertz CT molecular complexity index is 558. The van der Waals surface area contributed by atoms with Crippen molar-refractivity contribution in [1.82, 2.24) is 15.3 Å². The first-order chi connectivity index (χ1) is 10.3. The molecule has 0 fully saturated rings. The predicted octanol–water partition coefficient (Wildman–Crippen LogP) is 1.46. The van der Waals surface area contributed by atoms with Crippen molar-refractivity contribution in [2.45, 2.75) is 6.54 Å². The second-order valence-electron chi connectivity index (χ2n) is 4.40. The summed E-state index contributed by atoms with van der Waals surface area (Å²) >= 11 is 0. The number of aromatic nitrogens is 2. The highest BCUT2D eigenvalue weighted by molar-refractivity contribution is 5.92. The molecule has 2 aromatic rings. The standard InChI is InChI=1S/C15H18N4O2/c1-21-8-7-17-15(20)14-5-4-13(11-19-14)18-10-12-3-2-6-16-9-12/h2-6,9,11,18H,7-8,10H2,1H3,(H,17,20). The summed E-state index contributed by atoms with van der Waals surface area (Å²) in [6.45, 7) is 1.61. The first kappa shape index (κ1) is 14.9. The molecule has 2 aromatic heterocycles. The molecule has 0 aliphatic rings. The van der Waals surface area contributed by atoms with Gasteiger partial charge in [0.2, 0.25) is 0 Å². The zero-order valence-corrected chi connectivity index (χ0v) is 11.9. The van der Waals surface area contributed by atoms with Crippen LogP contribution in [0.2, 0.25) is 0 Å². The highest BCUT2D eigenvalue weighted by atomic mass is 16.5. The van der Waals surface area contributed by atoms with Gasteiger partial charge in [0.1, 0.15) is 5.69 Å². The number of hydrogen-bond acceptors (Lipinski definition) is 5. The third kappa shape index (κ3) is 4.85. The molecule has 0 aliphatic carbocycles. The smallest absolute Gasteiger partial charge is 0.269 e. The molecule has 6 nitrogen and oxygen atoms in total. The first-order valence-electron chi connectivity index (χ1n) is 6.65. The molecule has 0 unspecified atom stereocenters. The van der Waals surface area contributed by atoms with E-state index in [1.54, 1.807) is 31.8 Å². The Morgan fingerprint density at radius 1 is 1.29 bits per heavy atom. The normalized spacial score (nSPS) is 10.1. The molecule has 2 N–H and O–H groups in total. The lowest BCUT2D eigenvalue weighted by atomic mass is 10.2.